The van der Waals surface area contributed by atoms with Gasteiger partial charge >= 0.3 is 0 Å². The lowest BCUT2D eigenvalue weighted by Gasteiger charge is -2.20. The molecule has 1 N–H and O–H groups in total. The minimum atomic E-state index is -0.654. The van der Waals surface area contributed by atoms with Gasteiger partial charge in [0.2, 0.25) is 0 Å². The van der Waals surface area contributed by atoms with Gasteiger partial charge in [-0.15, -0.1) is 0 Å². The Bertz CT molecular complexity index is 597. The van der Waals surface area contributed by atoms with Crippen LogP contribution in [0.15, 0.2) is 30.3 Å². The highest BCUT2D eigenvalue weighted by Crippen LogP contribution is 2.27. The summed E-state index contributed by atoms with van der Waals surface area (Å²) in [5.74, 6) is 0. The molecule has 1 atom stereocenters. The number of hydrogen-bond donors (Lipinski definition) is 1. The van der Waals surface area contributed by atoms with Crippen molar-refractivity contribution in [1.82, 2.24) is 10.2 Å². The molecule has 1 unspecified atom stereocenters. The van der Waals surface area contributed by atoms with E-state index >= 15 is 0 Å². The lowest BCUT2D eigenvalue weighted by atomic mass is 9.86. The Balaban J connectivity index is 2.34. The Morgan fingerprint density at radius 3 is 2.15 bits per heavy atom. The van der Waals surface area contributed by atoms with Gasteiger partial charge in [-0.2, -0.15) is 10.2 Å². The minimum Gasteiger partial charge on any atom is -0.384 e. The van der Waals surface area contributed by atoms with Crippen LogP contribution in [-0.4, -0.2) is 15.3 Å². The predicted molar refractivity (Wildman–Crippen MR) is 80.7 cm³/mol. The Morgan fingerprint density at radius 2 is 1.60 bits per heavy atom. The average molecular weight is 270 g/mol. The van der Waals surface area contributed by atoms with Crippen molar-refractivity contribution >= 4 is 0 Å². The fourth-order valence-corrected chi connectivity index (χ4v) is 2.19. The quantitative estimate of drug-likeness (QED) is 0.908. The van der Waals surface area contributed by atoms with Gasteiger partial charge in [0.15, 0.2) is 0 Å². The number of aromatic nitrogens is 2. The highest BCUT2D eigenvalue weighted by molar-refractivity contribution is 5.35. The number of aliphatic hydroxyl groups excluding tert-OH is 1. The first-order valence-corrected chi connectivity index (χ1v) is 6.88. The molecule has 0 bridgehead atoms. The van der Waals surface area contributed by atoms with Crippen LogP contribution in [-0.2, 0) is 5.41 Å². The zero-order valence-corrected chi connectivity index (χ0v) is 12.8. The van der Waals surface area contributed by atoms with Crippen LogP contribution in [0.4, 0.5) is 0 Å². The topological polar surface area (TPSA) is 46.0 Å². The first-order chi connectivity index (χ1) is 9.29. The summed E-state index contributed by atoms with van der Waals surface area (Å²) < 4.78 is 0. The third-order valence-electron chi connectivity index (χ3n) is 3.53. The summed E-state index contributed by atoms with van der Waals surface area (Å²) in [6, 6.07) is 10.0. The lowest BCUT2D eigenvalue weighted by Crippen LogP contribution is -2.11. The molecule has 3 heteroatoms. The van der Waals surface area contributed by atoms with E-state index in [1.165, 1.54) is 5.56 Å². The first-order valence-electron chi connectivity index (χ1n) is 6.88. The van der Waals surface area contributed by atoms with Gasteiger partial charge in [-0.05, 0) is 36.5 Å². The molecule has 3 nitrogen and oxygen atoms in total. The fraction of sp³-hybridized carbons (Fsp3) is 0.412. The molecule has 0 amide bonds. The molecule has 0 saturated carbocycles. The van der Waals surface area contributed by atoms with E-state index in [2.05, 4.69) is 43.1 Å². The molecule has 0 fully saturated rings. The van der Waals surface area contributed by atoms with Gasteiger partial charge in [-0.1, -0.05) is 45.0 Å². The molecule has 0 aliphatic heterocycles. The Morgan fingerprint density at radius 1 is 1.00 bits per heavy atom. The van der Waals surface area contributed by atoms with E-state index in [0.717, 1.165) is 22.5 Å². The molecule has 0 aliphatic carbocycles. The van der Waals surface area contributed by atoms with Crippen molar-refractivity contribution in [3.8, 4) is 0 Å². The SMILES string of the molecule is Cc1cc(C(O)c2ccc(C(C)(C)C)cc2)c(C)nn1. The van der Waals surface area contributed by atoms with Crippen molar-refractivity contribution in [2.24, 2.45) is 0 Å². The largest absolute Gasteiger partial charge is 0.384 e. The van der Waals surface area contributed by atoms with Gasteiger partial charge in [-0.3, -0.25) is 0 Å². The standard InChI is InChI=1S/C17H22N2O/c1-11-10-15(12(2)19-18-11)16(20)13-6-8-14(9-7-13)17(3,4)5/h6-10,16,20H,1-5H3. The molecule has 0 aliphatic rings. The van der Waals surface area contributed by atoms with Gasteiger partial charge < -0.3 is 5.11 Å². The van der Waals surface area contributed by atoms with Crippen LogP contribution in [0.2, 0.25) is 0 Å². The predicted octanol–water partition coefficient (Wildman–Crippen LogP) is 3.47. The molecule has 0 radical (unpaired) electrons. The minimum absolute atomic E-state index is 0.119. The Kier molecular flexibility index (Phi) is 3.91. The Labute approximate surface area is 120 Å². The van der Waals surface area contributed by atoms with E-state index in [1.54, 1.807) is 0 Å². The maximum Gasteiger partial charge on any atom is 0.106 e. The molecule has 1 aromatic heterocycles. The van der Waals surface area contributed by atoms with Crippen molar-refractivity contribution in [2.45, 2.75) is 46.1 Å². The normalized spacial score (nSPS) is 13.3. The van der Waals surface area contributed by atoms with Crippen LogP contribution in [0.1, 0.15) is 55.0 Å². The van der Waals surface area contributed by atoms with Crippen molar-refractivity contribution in [3.63, 3.8) is 0 Å². The summed E-state index contributed by atoms with van der Waals surface area (Å²) in [5.41, 5.74) is 4.66. The molecule has 2 aromatic rings. The van der Waals surface area contributed by atoms with Gasteiger partial charge in [0, 0.05) is 5.56 Å². The second-order valence-corrected chi connectivity index (χ2v) is 6.30. The van der Waals surface area contributed by atoms with Crippen molar-refractivity contribution in [1.29, 1.82) is 0 Å². The molecule has 1 aromatic carbocycles. The number of aryl methyl sites for hydroxylation is 2. The van der Waals surface area contributed by atoms with Crippen molar-refractivity contribution < 1.29 is 5.11 Å². The van der Waals surface area contributed by atoms with E-state index in [4.69, 9.17) is 0 Å². The van der Waals surface area contributed by atoms with Gasteiger partial charge in [-0.25, -0.2) is 0 Å². The zero-order valence-electron chi connectivity index (χ0n) is 12.8. The number of aliphatic hydroxyl groups is 1. The van der Waals surface area contributed by atoms with Gasteiger partial charge in [0.1, 0.15) is 6.10 Å². The Hall–Kier alpha value is -1.74. The summed E-state index contributed by atoms with van der Waals surface area (Å²) in [5, 5.41) is 18.6. The highest BCUT2D eigenvalue weighted by Gasteiger charge is 2.17. The van der Waals surface area contributed by atoms with E-state index < -0.39 is 6.10 Å². The number of hydrogen-bond acceptors (Lipinski definition) is 3. The fourth-order valence-electron chi connectivity index (χ4n) is 2.19. The van der Waals surface area contributed by atoms with E-state index in [-0.39, 0.29) is 5.41 Å². The molecule has 0 spiro atoms. The molecule has 106 valence electrons. The molecule has 2 rings (SSSR count). The van der Waals surface area contributed by atoms with E-state index in [1.807, 2.05) is 32.0 Å². The number of rotatable bonds is 2. The molecule has 0 saturated heterocycles. The van der Waals surface area contributed by atoms with E-state index in [9.17, 15) is 5.11 Å². The second-order valence-electron chi connectivity index (χ2n) is 6.30. The molecular weight excluding hydrogens is 248 g/mol. The second kappa shape index (κ2) is 5.33. The number of benzene rings is 1. The van der Waals surface area contributed by atoms with Crippen LogP contribution >= 0.6 is 0 Å². The zero-order chi connectivity index (χ0) is 14.9. The summed E-state index contributed by atoms with van der Waals surface area (Å²) in [4.78, 5) is 0. The van der Waals surface area contributed by atoms with Crippen LogP contribution < -0.4 is 0 Å². The third-order valence-corrected chi connectivity index (χ3v) is 3.53. The summed E-state index contributed by atoms with van der Waals surface area (Å²) in [6.07, 6.45) is -0.654. The van der Waals surface area contributed by atoms with Gasteiger partial charge in [0.25, 0.3) is 0 Å². The van der Waals surface area contributed by atoms with Crippen molar-refractivity contribution in [2.75, 3.05) is 0 Å². The van der Waals surface area contributed by atoms with Crippen LogP contribution in [0, 0.1) is 13.8 Å². The monoisotopic (exact) mass is 270 g/mol. The molecule has 20 heavy (non-hydrogen) atoms. The first kappa shape index (κ1) is 14.7. The summed E-state index contributed by atoms with van der Waals surface area (Å²) >= 11 is 0. The van der Waals surface area contributed by atoms with Crippen LogP contribution in [0.3, 0.4) is 0 Å². The molecular formula is C17H22N2O. The summed E-state index contributed by atoms with van der Waals surface area (Å²) in [7, 11) is 0. The lowest BCUT2D eigenvalue weighted by molar-refractivity contribution is 0.218. The van der Waals surface area contributed by atoms with Crippen LogP contribution in [0.25, 0.3) is 0 Å². The smallest absolute Gasteiger partial charge is 0.106 e. The maximum absolute atomic E-state index is 10.5. The summed E-state index contributed by atoms with van der Waals surface area (Å²) in [6.45, 7) is 10.3. The van der Waals surface area contributed by atoms with E-state index in [0.29, 0.717) is 0 Å². The average Bonchev–Trinajstić information content (AvgIpc) is 2.40. The highest BCUT2D eigenvalue weighted by atomic mass is 16.3. The number of nitrogens with zero attached hydrogens (tertiary/aromatic N) is 2. The third kappa shape index (κ3) is 3.05. The van der Waals surface area contributed by atoms with Gasteiger partial charge in [0.05, 0.1) is 11.4 Å². The van der Waals surface area contributed by atoms with Crippen molar-refractivity contribution in [3.05, 3.63) is 58.4 Å². The van der Waals surface area contributed by atoms with Crippen LogP contribution in [0.5, 0.6) is 0 Å². The maximum atomic E-state index is 10.5. The molecule has 1 heterocycles.